The number of ether oxygens (including phenoxy) is 2. The normalized spacial score (nSPS) is 14.6. The Bertz CT molecular complexity index is 1050. The molecule has 7 nitrogen and oxygen atoms in total. The third-order valence-corrected chi connectivity index (χ3v) is 7.64. The van der Waals surface area contributed by atoms with Gasteiger partial charge < -0.3 is 14.8 Å². The number of carbonyl (C=O) groups is 1. The molecule has 2 aromatic rings. The largest absolute Gasteiger partial charge is 0.486 e. The molecule has 1 amide bonds. The molecule has 0 spiro atoms. The van der Waals surface area contributed by atoms with E-state index in [-0.39, 0.29) is 28.3 Å². The first-order valence-corrected chi connectivity index (χ1v) is 11.8. The molecular weight excluding hydrogens is 472 g/mol. The van der Waals surface area contributed by atoms with Crippen molar-refractivity contribution < 1.29 is 22.7 Å². The second-order valence-electron chi connectivity index (χ2n) is 7.53. The van der Waals surface area contributed by atoms with Gasteiger partial charge in [-0.2, -0.15) is 0 Å². The zero-order valence-corrected chi connectivity index (χ0v) is 19.7. The molecule has 0 radical (unpaired) electrons. The molecule has 1 heterocycles. The predicted molar refractivity (Wildman–Crippen MR) is 117 cm³/mol. The van der Waals surface area contributed by atoms with Gasteiger partial charge in [-0.25, -0.2) is 12.7 Å². The Kier molecular flexibility index (Phi) is 6.74. The summed E-state index contributed by atoms with van der Waals surface area (Å²) in [6, 6.07) is 9.88. The highest BCUT2D eigenvalue weighted by atomic mass is 79.9. The molecule has 1 atom stereocenters. The van der Waals surface area contributed by atoms with Crippen LogP contribution in [0.1, 0.15) is 35.8 Å². The Hall–Kier alpha value is -2.10. The van der Waals surface area contributed by atoms with Gasteiger partial charge in [-0.3, -0.25) is 4.79 Å². The molecule has 9 heteroatoms. The van der Waals surface area contributed by atoms with E-state index in [0.29, 0.717) is 29.2 Å². The third-order valence-electron chi connectivity index (χ3n) is 4.83. The predicted octanol–water partition coefficient (Wildman–Crippen LogP) is 3.60. The number of amides is 1. The van der Waals surface area contributed by atoms with Crippen LogP contribution in [0.4, 0.5) is 0 Å². The van der Waals surface area contributed by atoms with Gasteiger partial charge in [0.1, 0.15) is 13.2 Å². The maximum Gasteiger partial charge on any atom is 0.251 e. The molecule has 30 heavy (non-hydrogen) atoms. The Morgan fingerprint density at radius 2 is 1.73 bits per heavy atom. The summed E-state index contributed by atoms with van der Waals surface area (Å²) >= 11 is 3.27. The second kappa shape index (κ2) is 8.95. The highest BCUT2D eigenvalue weighted by Gasteiger charge is 2.25. The summed E-state index contributed by atoms with van der Waals surface area (Å²) in [6.07, 6.45) is 0. The highest BCUT2D eigenvalue weighted by Crippen LogP contribution is 2.34. The first kappa shape index (κ1) is 22.6. The van der Waals surface area contributed by atoms with E-state index >= 15 is 0 Å². The summed E-state index contributed by atoms with van der Waals surface area (Å²) < 4.78 is 37.8. The van der Waals surface area contributed by atoms with Crippen molar-refractivity contribution in [3.05, 3.63) is 52.0 Å². The van der Waals surface area contributed by atoms with Crippen LogP contribution in [0.5, 0.6) is 11.5 Å². The number of carbonyl (C=O) groups excluding carboxylic acids is 1. The molecule has 3 rings (SSSR count). The molecule has 1 unspecified atom stereocenters. The topological polar surface area (TPSA) is 84.9 Å². The van der Waals surface area contributed by atoms with Crippen LogP contribution >= 0.6 is 15.9 Å². The van der Waals surface area contributed by atoms with Gasteiger partial charge in [0.2, 0.25) is 10.0 Å². The number of hydrogen-bond donors (Lipinski definition) is 1. The third kappa shape index (κ3) is 4.63. The fraction of sp³-hybridized carbons (Fsp3) is 0.381. The maximum absolute atomic E-state index is 13.0. The number of hydrogen-bond acceptors (Lipinski definition) is 5. The lowest BCUT2D eigenvalue weighted by molar-refractivity contribution is 0.0925. The van der Waals surface area contributed by atoms with Gasteiger partial charge >= 0.3 is 0 Å². The molecule has 2 aromatic carbocycles. The molecular formula is C21H25BrN2O5S. The lowest BCUT2D eigenvalue weighted by Gasteiger charge is -2.25. The van der Waals surface area contributed by atoms with Crippen molar-refractivity contribution in [3.63, 3.8) is 0 Å². The Morgan fingerprint density at radius 3 is 2.37 bits per heavy atom. The number of fused-ring (bicyclic) bond motifs is 1. The van der Waals surface area contributed by atoms with E-state index in [1.165, 1.54) is 20.2 Å². The van der Waals surface area contributed by atoms with E-state index in [9.17, 15) is 13.2 Å². The molecule has 162 valence electrons. The average molecular weight is 497 g/mol. The van der Waals surface area contributed by atoms with E-state index in [1.54, 1.807) is 12.1 Å². The lowest BCUT2D eigenvalue weighted by Crippen LogP contribution is -2.32. The molecule has 0 bridgehead atoms. The summed E-state index contributed by atoms with van der Waals surface area (Å²) in [6.45, 7) is 5.01. The van der Waals surface area contributed by atoms with E-state index in [0.717, 1.165) is 9.87 Å². The van der Waals surface area contributed by atoms with Crippen LogP contribution in [0.2, 0.25) is 0 Å². The number of nitrogens with one attached hydrogen (secondary N) is 1. The first-order chi connectivity index (χ1) is 14.1. The average Bonchev–Trinajstić information content (AvgIpc) is 2.71. The number of sulfonamides is 1. The van der Waals surface area contributed by atoms with Crippen LogP contribution in [0.25, 0.3) is 0 Å². The minimum Gasteiger partial charge on any atom is -0.486 e. The van der Waals surface area contributed by atoms with Crippen molar-refractivity contribution in [1.29, 1.82) is 0 Å². The molecule has 0 aromatic heterocycles. The summed E-state index contributed by atoms with van der Waals surface area (Å²) in [5, 5.41) is 3.02. The molecule has 0 saturated carbocycles. The Balaban J connectivity index is 1.89. The minimum atomic E-state index is -3.69. The maximum atomic E-state index is 13.0. The summed E-state index contributed by atoms with van der Waals surface area (Å²) in [7, 11) is -0.796. The summed E-state index contributed by atoms with van der Waals surface area (Å²) in [5.41, 5.74) is 1.16. The molecule has 0 saturated heterocycles. The fourth-order valence-electron chi connectivity index (χ4n) is 3.15. The lowest BCUT2D eigenvalue weighted by atomic mass is 9.95. The Morgan fingerprint density at radius 1 is 1.07 bits per heavy atom. The van der Waals surface area contributed by atoms with Crippen molar-refractivity contribution in [1.82, 2.24) is 9.62 Å². The van der Waals surface area contributed by atoms with E-state index < -0.39 is 10.0 Å². The fourth-order valence-corrected chi connectivity index (χ4v) is 5.00. The van der Waals surface area contributed by atoms with E-state index in [2.05, 4.69) is 21.2 Å². The zero-order chi connectivity index (χ0) is 22.1. The monoisotopic (exact) mass is 496 g/mol. The van der Waals surface area contributed by atoms with Crippen LogP contribution in [0.15, 0.2) is 45.8 Å². The number of benzene rings is 2. The summed E-state index contributed by atoms with van der Waals surface area (Å²) in [5.74, 6) is 1.08. The summed E-state index contributed by atoms with van der Waals surface area (Å²) in [4.78, 5) is 13.0. The van der Waals surface area contributed by atoms with E-state index in [4.69, 9.17) is 9.47 Å². The van der Waals surface area contributed by atoms with Gasteiger partial charge in [-0.15, -0.1) is 0 Å². The van der Waals surface area contributed by atoms with Gasteiger partial charge in [-0.05, 0) is 57.7 Å². The van der Waals surface area contributed by atoms with Crippen LogP contribution in [0, 0.1) is 5.92 Å². The van der Waals surface area contributed by atoms with Crippen molar-refractivity contribution in [2.24, 2.45) is 5.92 Å². The molecule has 1 aliphatic rings. The van der Waals surface area contributed by atoms with Crippen molar-refractivity contribution in [2.75, 3.05) is 27.3 Å². The van der Waals surface area contributed by atoms with Crippen LogP contribution in [-0.2, 0) is 10.0 Å². The number of nitrogens with zero attached hydrogens (tertiary/aromatic N) is 1. The van der Waals surface area contributed by atoms with Crippen molar-refractivity contribution >= 4 is 31.9 Å². The van der Waals surface area contributed by atoms with Crippen molar-refractivity contribution in [3.8, 4) is 11.5 Å². The number of rotatable bonds is 6. The van der Waals surface area contributed by atoms with Gasteiger partial charge in [0.05, 0.1) is 10.9 Å². The quantitative estimate of drug-likeness (QED) is 0.660. The van der Waals surface area contributed by atoms with Gasteiger partial charge in [-0.1, -0.05) is 19.9 Å². The standard InChI is InChI=1S/C21H25BrN2O5S/c1-13(2)20(14-6-8-17-18(11-14)29-10-9-28-17)23-21(25)15-5-7-16(22)19(12-15)30(26,27)24(3)4/h5-8,11-13,20H,9-10H2,1-4H3,(H,23,25). The molecule has 1 aliphatic heterocycles. The van der Waals surface area contributed by atoms with Gasteiger partial charge in [0.15, 0.2) is 11.5 Å². The van der Waals surface area contributed by atoms with Gasteiger partial charge in [0, 0.05) is 24.1 Å². The van der Waals surface area contributed by atoms with Crippen LogP contribution in [-0.4, -0.2) is 45.9 Å². The molecule has 1 N–H and O–H groups in total. The van der Waals surface area contributed by atoms with Crippen molar-refractivity contribution in [2.45, 2.75) is 24.8 Å². The molecule has 0 aliphatic carbocycles. The smallest absolute Gasteiger partial charge is 0.251 e. The zero-order valence-electron chi connectivity index (χ0n) is 17.3. The van der Waals surface area contributed by atoms with Crippen LogP contribution in [0.3, 0.4) is 0 Å². The Labute approximate surface area is 185 Å². The first-order valence-electron chi connectivity index (χ1n) is 9.53. The second-order valence-corrected chi connectivity index (χ2v) is 10.5. The highest BCUT2D eigenvalue weighted by molar-refractivity contribution is 9.10. The molecule has 0 fully saturated rings. The number of halogens is 1. The SMILES string of the molecule is CC(C)C(NC(=O)c1ccc(Br)c(S(=O)(=O)N(C)C)c1)c1ccc2c(c1)OCCO2. The minimum absolute atomic E-state index is 0.0422. The van der Waals surface area contributed by atoms with E-state index in [1.807, 2.05) is 32.0 Å². The van der Waals surface area contributed by atoms with Gasteiger partial charge in [0.25, 0.3) is 5.91 Å². The van der Waals surface area contributed by atoms with Crippen LogP contribution < -0.4 is 14.8 Å².